The van der Waals surface area contributed by atoms with Gasteiger partial charge in [-0.2, -0.15) is 0 Å². The fourth-order valence-electron chi connectivity index (χ4n) is 1.61. The Hall–Kier alpha value is -0.410. The second kappa shape index (κ2) is 3.63. The molecule has 1 aliphatic carbocycles. The van der Waals surface area contributed by atoms with Crippen molar-refractivity contribution in [1.82, 2.24) is 10.3 Å². The lowest BCUT2D eigenvalue weighted by Crippen LogP contribution is -2.21. The molecule has 14 heavy (non-hydrogen) atoms. The molecule has 1 aliphatic rings. The molecule has 0 atom stereocenters. The van der Waals surface area contributed by atoms with Crippen LogP contribution in [0, 0.1) is 19.3 Å². The van der Waals surface area contributed by atoms with Gasteiger partial charge in [0.05, 0.1) is 10.7 Å². The Morgan fingerprint density at radius 2 is 2.14 bits per heavy atom. The monoisotopic (exact) mass is 210 g/mol. The van der Waals surface area contributed by atoms with E-state index in [1.165, 1.54) is 28.4 Å². The normalized spacial score (nSPS) is 18.5. The number of nitrogens with one attached hydrogen (secondary N) is 1. The molecule has 0 saturated heterocycles. The van der Waals surface area contributed by atoms with E-state index in [0.717, 1.165) is 13.1 Å². The zero-order valence-electron chi connectivity index (χ0n) is 9.18. The second-order valence-corrected chi connectivity index (χ2v) is 5.94. The average molecular weight is 210 g/mol. The van der Waals surface area contributed by atoms with Crippen molar-refractivity contribution in [3.8, 4) is 0 Å². The molecule has 0 unspecified atom stereocenters. The predicted molar refractivity (Wildman–Crippen MR) is 60.6 cm³/mol. The molecule has 1 fully saturated rings. The van der Waals surface area contributed by atoms with Gasteiger partial charge in [0.15, 0.2) is 0 Å². The van der Waals surface area contributed by atoms with Gasteiger partial charge in [0.25, 0.3) is 0 Å². The molecule has 0 amide bonds. The number of thiazole rings is 1. The molecule has 1 saturated carbocycles. The summed E-state index contributed by atoms with van der Waals surface area (Å²) < 4.78 is 0. The van der Waals surface area contributed by atoms with Crippen LogP contribution in [0.5, 0.6) is 0 Å². The van der Waals surface area contributed by atoms with Gasteiger partial charge in [0.2, 0.25) is 0 Å². The third kappa shape index (κ3) is 2.34. The van der Waals surface area contributed by atoms with Crippen LogP contribution >= 0.6 is 11.3 Å². The Morgan fingerprint density at radius 3 is 2.64 bits per heavy atom. The molecule has 1 heterocycles. The maximum absolute atomic E-state index is 4.42. The molecule has 1 N–H and O–H groups in total. The number of aromatic nitrogens is 1. The highest BCUT2D eigenvalue weighted by molar-refractivity contribution is 7.11. The molecule has 0 radical (unpaired) electrons. The van der Waals surface area contributed by atoms with Gasteiger partial charge in [-0.25, -0.2) is 4.98 Å². The third-order valence-electron chi connectivity index (χ3n) is 2.94. The molecule has 2 rings (SSSR count). The number of nitrogens with zero attached hydrogens (tertiary/aromatic N) is 1. The summed E-state index contributed by atoms with van der Waals surface area (Å²) in [5, 5.41) is 4.71. The van der Waals surface area contributed by atoms with Crippen LogP contribution in [-0.4, -0.2) is 11.5 Å². The highest BCUT2D eigenvalue weighted by atomic mass is 32.1. The first-order valence-corrected chi connectivity index (χ1v) is 6.04. The zero-order valence-corrected chi connectivity index (χ0v) is 10.0. The number of hydrogen-bond donors (Lipinski definition) is 1. The summed E-state index contributed by atoms with van der Waals surface area (Å²) in [4.78, 5) is 5.82. The summed E-state index contributed by atoms with van der Waals surface area (Å²) in [6.45, 7) is 8.67. The first kappa shape index (κ1) is 10.1. The highest BCUT2D eigenvalue weighted by Crippen LogP contribution is 2.44. The van der Waals surface area contributed by atoms with Crippen molar-refractivity contribution in [1.29, 1.82) is 0 Å². The standard InChI is InChI=1S/C11H18N2S/c1-8-10(14-9(2)13-8)6-12-7-11(3)4-5-11/h12H,4-7H2,1-3H3. The summed E-state index contributed by atoms with van der Waals surface area (Å²) in [6, 6.07) is 0. The van der Waals surface area contributed by atoms with E-state index in [1.54, 1.807) is 0 Å². The van der Waals surface area contributed by atoms with Crippen LogP contribution in [0.3, 0.4) is 0 Å². The second-order valence-electron chi connectivity index (χ2n) is 4.66. The van der Waals surface area contributed by atoms with Crippen molar-refractivity contribution in [2.45, 2.75) is 40.2 Å². The fourth-order valence-corrected chi connectivity index (χ4v) is 2.51. The molecule has 0 bridgehead atoms. The minimum Gasteiger partial charge on any atom is -0.311 e. The molecule has 0 aliphatic heterocycles. The van der Waals surface area contributed by atoms with Crippen LogP contribution in [0.2, 0.25) is 0 Å². The third-order valence-corrected chi connectivity index (χ3v) is 4.01. The smallest absolute Gasteiger partial charge is 0.0900 e. The summed E-state index contributed by atoms with van der Waals surface area (Å²) in [5.74, 6) is 0. The van der Waals surface area contributed by atoms with Crippen LogP contribution in [0.1, 0.15) is 35.3 Å². The van der Waals surface area contributed by atoms with Crippen LogP contribution < -0.4 is 5.32 Å². The van der Waals surface area contributed by atoms with E-state index in [0.29, 0.717) is 5.41 Å². The molecule has 0 spiro atoms. The van der Waals surface area contributed by atoms with Crippen molar-refractivity contribution in [2.24, 2.45) is 5.41 Å². The van der Waals surface area contributed by atoms with Crippen molar-refractivity contribution >= 4 is 11.3 Å². The Labute approximate surface area is 89.8 Å². The van der Waals surface area contributed by atoms with Gasteiger partial charge in [0, 0.05) is 18.0 Å². The number of rotatable bonds is 4. The Kier molecular flexibility index (Phi) is 2.62. The predicted octanol–water partition coefficient (Wildman–Crippen LogP) is 2.65. The molecule has 2 nitrogen and oxygen atoms in total. The molecule has 3 heteroatoms. The van der Waals surface area contributed by atoms with Gasteiger partial charge < -0.3 is 5.32 Å². The van der Waals surface area contributed by atoms with Crippen LogP contribution in [-0.2, 0) is 6.54 Å². The average Bonchev–Trinajstić information content (AvgIpc) is 2.73. The minimum absolute atomic E-state index is 0.605. The lowest BCUT2D eigenvalue weighted by molar-refractivity contribution is 0.500. The largest absolute Gasteiger partial charge is 0.311 e. The van der Waals surface area contributed by atoms with Crippen molar-refractivity contribution < 1.29 is 0 Å². The Bertz CT molecular complexity index is 326. The Balaban J connectivity index is 1.82. The van der Waals surface area contributed by atoms with Crippen molar-refractivity contribution in [2.75, 3.05) is 6.54 Å². The van der Waals surface area contributed by atoms with Gasteiger partial charge in [0.1, 0.15) is 0 Å². The highest BCUT2D eigenvalue weighted by Gasteiger charge is 2.36. The van der Waals surface area contributed by atoms with Gasteiger partial charge in [-0.05, 0) is 32.1 Å². The lowest BCUT2D eigenvalue weighted by atomic mass is 10.1. The molecule has 78 valence electrons. The summed E-state index contributed by atoms with van der Waals surface area (Å²) >= 11 is 1.81. The van der Waals surface area contributed by atoms with Crippen molar-refractivity contribution in [3.05, 3.63) is 15.6 Å². The number of hydrogen-bond acceptors (Lipinski definition) is 3. The molecule has 1 aromatic rings. The Morgan fingerprint density at radius 1 is 1.43 bits per heavy atom. The van der Waals surface area contributed by atoms with Gasteiger partial charge in [-0.15, -0.1) is 11.3 Å². The molecular weight excluding hydrogens is 192 g/mol. The first-order chi connectivity index (χ1) is 6.59. The topological polar surface area (TPSA) is 24.9 Å². The molecule has 0 aromatic carbocycles. The number of aryl methyl sites for hydroxylation is 2. The van der Waals surface area contributed by atoms with Crippen LogP contribution in [0.15, 0.2) is 0 Å². The lowest BCUT2D eigenvalue weighted by Gasteiger charge is -2.08. The maximum Gasteiger partial charge on any atom is 0.0900 e. The van der Waals surface area contributed by atoms with Crippen LogP contribution in [0.25, 0.3) is 0 Å². The van der Waals surface area contributed by atoms with Gasteiger partial charge in [-0.3, -0.25) is 0 Å². The van der Waals surface area contributed by atoms with E-state index in [4.69, 9.17) is 0 Å². The summed E-state index contributed by atoms with van der Waals surface area (Å²) in [6.07, 6.45) is 2.78. The molecule has 1 aromatic heterocycles. The SMILES string of the molecule is Cc1nc(C)c(CNCC2(C)CC2)s1. The minimum atomic E-state index is 0.605. The quantitative estimate of drug-likeness (QED) is 0.826. The van der Waals surface area contributed by atoms with E-state index in [9.17, 15) is 0 Å². The van der Waals surface area contributed by atoms with Gasteiger partial charge in [-0.1, -0.05) is 6.92 Å². The van der Waals surface area contributed by atoms with Gasteiger partial charge >= 0.3 is 0 Å². The summed E-state index contributed by atoms with van der Waals surface area (Å²) in [7, 11) is 0. The zero-order chi connectivity index (χ0) is 10.2. The van der Waals surface area contributed by atoms with Crippen molar-refractivity contribution in [3.63, 3.8) is 0 Å². The molecular formula is C11H18N2S. The van der Waals surface area contributed by atoms with E-state index in [-0.39, 0.29) is 0 Å². The maximum atomic E-state index is 4.42. The van der Waals surface area contributed by atoms with E-state index >= 15 is 0 Å². The van der Waals surface area contributed by atoms with E-state index in [2.05, 4.69) is 31.1 Å². The summed E-state index contributed by atoms with van der Waals surface area (Å²) in [5.41, 5.74) is 1.80. The first-order valence-electron chi connectivity index (χ1n) is 5.23. The fraction of sp³-hybridized carbons (Fsp3) is 0.727. The van der Waals surface area contributed by atoms with E-state index < -0.39 is 0 Å². The van der Waals surface area contributed by atoms with Crippen LogP contribution in [0.4, 0.5) is 0 Å². The van der Waals surface area contributed by atoms with E-state index in [1.807, 2.05) is 11.3 Å².